The Kier molecular flexibility index (Phi) is 8.20. The van der Waals surface area contributed by atoms with Crippen molar-refractivity contribution in [3.05, 3.63) is 17.5 Å². The molecular formula is C12H18N3O14P3. The van der Waals surface area contributed by atoms with Gasteiger partial charge in [-0.3, -0.25) is 9.32 Å². The van der Waals surface area contributed by atoms with E-state index in [0.717, 1.165) is 4.68 Å². The number of aliphatic hydroxyl groups is 2. The van der Waals surface area contributed by atoms with E-state index in [1.807, 2.05) is 0 Å². The number of primary amides is 1. The molecule has 1 aromatic rings. The van der Waals surface area contributed by atoms with Crippen molar-refractivity contribution in [2.45, 2.75) is 31.5 Å². The zero-order valence-corrected chi connectivity index (χ0v) is 18.5. The smallest absolute Gasteiger partial charge is 0.387 e. The van der Waals surface area contributed by atoms with Crippen molar-refractivity contribution < 1.29 is 66.2 Å². The van der Waals surface area contributed by atoms with Crippen LogP contribution in [-0.2, 0) is 31.6 Å². The third-order valence-corrected chi connectivity index (χ3v) is 7.44. The molecule has 1 amide bonds. The van der Waals surface area contributed by atoms with E-state index in [-0.39, 0.29) is 11.3 Å². The molecule has 32 heavy (non-hydrogen) atoms. The summed E-state index contributed by atoms with van der Waals surface area (Å²) in [7, 11) is -16.8. The van der Waals surface area contributed by atoms with E-state index in [4.69, 9.17) is 25.2 Å². The number of carbonyl (C=O) groups excluding carboxylic acids is 1. The molecule has 1 saturated heterocycles. The highest BCUT2D eigenvalue weighted by Gasteiger charge is 2.47. The van der Waals surface area contributed by atoms with Crippen LogP contribution >= 0.6 is 23.5 Å². The minimum Gasteiger partial charge on any atom is -0.387 e. The van der Waals surface area contributed by atoms with Gasteiger partial charge in [-0.05, 0) is 6.92 Å². The molecule has 0 aromatic carbocycles. The number of phosphoric acid groups is 3. The van der Waals surface area contributed by atoms with Crippen LogP contribution < -0.4 is 5.73 Å². The first-order valence-corrected chi connectivity index (χ1v) is 12.7. The maximum atomic E-state index is 11.8. The molecule has 0 radical (unpaired) electrons. The first-order chi connectivity index (χ1) is 14.6. The molecule has 0 saturated carbocycles. The van der Waals surface area contributed by atoms with Gasteiger partial charge in [0.05, 0.1) is 12.2 Å². The van der Waals surface area contributed by atoms with Crippen LogP contribution in [0.2, 0.25) is 0 Å². The lowest BCUT2D eigenvalue weighted by Gasteiger charge is -2.19. The molecule has 0 bridgehead atoms. The summed E-state index contributed by atoms with van der Waals surface area (Å²) >= 11 is 0. The number of hydrogen-bond acceptors (Lipinski definition) is 11. The summed E-state index contributed by atoms with van der Waals surface area (Å²) in [6, 6.07) is 0. The number of hydrogen-bond donors (Lipinski definition) is 7. The van der Waals surface area contributed by atoms with Gasteiger partial charge in [0.2, 0.25) is 0 Å². The van der Waals surface area contributed by atoms with E-state index in [9.17, 15) is 33.6 Å². The zero-order valence-electron chi connectivity index (χ0n) is 15.9. The van der Waals surface area contributed by atoms with Crippen LogP contribution in [0.15, 0.2) is 6.20 Å². The summed E-state index contributed by atoms with van der Waals surface area (Å²) in [6.45, 7) is 0.468. The maximum absolute atomic E-state index is 11.8. The molecular weight excluding hydrogens is 503 g/mol. The highest BCUT2D eigenvalue weighted by atomic mass is 31.3. The first-order valence-electron chi connectivity index (χ1n) is 8.17. The minimum atomic E-state index is -5.73. The van der Waals surface area contributed by atoms with E-state index in [1.54, 1.807) is 0 Å². The Bertz CT molecular complexity index is 1070. The Balaban J connectivity index is 2.11. The fourth-order valence-corrected chi connectivity index (χ4v) is 5.52. The van der Waals surface area contributed by atoms with E-state index in [0.29, 0.717) is 0 Å². The highest BCUT2D eigenvalue weighted by Crippen LogP contribution is 2.66. The van der Waals surface area contributed by atoms with Crippen LogP contribution in [0.5, 0.6) is 0 Å². The molecule has 17 nitrogen and oxygen atoms in total. The second kappa shape index (κ2) is 9.80. The lowest BCUT2D eigenvalue weighted by Crippen LogP contribution is -2.33. The van der Waals surface area contributed by atoms with Crippen LogP contribution in [0.1, 0.15) is 29.2 Å². The summed E-state index contributed by atoms with van der Waals surface area (Å²) in [5.74, 6) is 4.15. The fourth-order valence-electron chi connectivity index (χ4n) is 2.49. The summed E-state index contributed by atoms with van der Waals surface area (Å²) < 4.78 is 51.4. The number of aromatic nitrogens is 2. The normalized spacial score (nSPS) is 27.2. The molecule has 180 valence electrons. The van der Waals surface area contributed by atoms with Crippen molar-refractivity contribution in [3.63, 3.8) is 0 Å². The van der Waals surface area contributed by atoms with Crippen LogP contribution in [0.3, 0.4) is 0 Å². The zero-order chi connectivity index (χ0) is 24.5. The van der Waals surface area contributed by atoms with Crippen molar-refractivity contribution in [3.8, 4) is 11.8 Å². The summed E-state index contributed by atoms with van der Waals surface area (Å²) in [5.41, 5.74) is 5.05. The average molecular weight is 521 g/mol. The molecule has 1 fully saturated rings. The number of rotatable bonds is 9. The third kappa shape index (κ3) is 7.01. The Labute approximate surface area is 179 Å². The molecule has 0 aliphatic carbocycles. The largest absolute Gasteiger partial charge is 0.490 e. The topological polar surface area (TPSA) is 270 Å². The molecule has 2 unspecified atom stereocenters. The molecule has 1 aliphatic heterocycles. The van der Waals surface area contributed by atoms with E-state index >= 15 is 0 Å². The highest BCUT2D eigenvalue weighted by molar-refractivity contribution is 7.66. The molecule has 0 spiro atoms. The summed E-state index contributed by atoms with van der Waals surface area (Å²) in [4.78, 5) is 47.0. The summed E-state index contributed by atoms with van der Waals surface area (Å²) in [6.07, 6.45) is -5.18. The van der Waals surface area contributed by atoms with Crippen LogP contribution in [-0.4, -0.2) is 70.4 Å². The van der Waals surface area contributed by atoms with Gasteiger partial charge in [-0.2, -0.15) is 13.7 Å². The van der Waals surface area contributed by atoms with Crippen molar-refractivity contribution in [2.24, 2.45) is 5.73 Å². The van der Waals surface area contributed by atoms with Crippen molar-refractivity contribution in [1.82, 2.24) is 9.78 Å². The predicted octanol–water partition coefficient (Wildman–Crippen LogP) is -1.68. The van der Waals surface area contributed by atoms with Gasteiger partial charge >= 0.3 is 23.5 Å². The second-order valence-electron chi connectivity index (χ2n) is 6.04. The van der Waals surface area contributed by atoms with E-state index < -0.39 is 60.5 Å². The lowest BCUT2D eigenvalue weighted by molar-refractivity contribution is -0.0579. The van der Waals surface area contributed by atoms with Gasteiger partial charge in [0.25, 0.3) is 5.91 Å². The minimum absolute atomic E-state index is 0.0991. The van der Waals surface area contributed by atoms with Gasteiger partial charge < -0.3 is 40.3 Å². The Morgan fingerprint density at radius 3 is 2.34 bits per heavy atom. The maximum Gasteiger partial charge on any atom is 0.490 e. The first kappa shape index (κ1) is 26.8. The Hall–Kier alpha value is -1.47. The van der Waals surface area contributed by atoms with E-state index in [1.165, 1.54) is 13.1 Å². The molecule has 20 heteroatoms. The lowest BCUT2D eigenvalue weighted by atomic mass is 10.1. The number of amides is 1. The quantitative estimate of drug-likeness (QED) is 0.141. The van der Waals surface area contributed by atoms with Gasteiger partial charge in [0, 0.05) is 6.20 Å². The van der Waals surface area contributed by atoms with Gasteiger partial charge in [-0.1, -0.05) is 5.92 Å². The van der Waals surface area contributed by atoms with Gasteiger partial charge in [-0.25, -0.2) is 18.4 Å². The van der Waals surface area contributed by atoms with E-state index in [2.05, 4.69) is 30.1 Å². The average Bonchev–Trinajstić information content (AvgIpc) is 3.13. The van der Waals surface area contributed by atoms with Gasteiger partial charge in [0.1, 0.15) is 18.3 Å². The Morgan fingerprint density at radius 2 is 1.81 bits per heavy atom. The predicted molar refractivity (Wildman–Crippen MR) is 99.0 cm³/mol. The fraction of sp³-hybridized carbons (Fsp3) is 0.500. The standard InChI is InChI=1S/C12H18N3O14P3/c1-2-3-6-4-15(14-8(6)11(13)18)12-10(17)9(16)7(27-12)5-26-31(22,23)29-32(24,25)28-30(19,20)21/h4,7,9-10,12,16-17H,5H2,1H3,(H2,13,18)(H,22,23)(H,24,25)(H2,19,20,21)/t7-,9-,10-,12-/m1/s1. The van der Waals surface area contributed by atoms with Crippen LogP contribution in [0, 0.1) is 11.8 Å². The molecule has 2 rings (SSSR count). The van der Waals surface area contributed by atoms with Crippen molar-refractivity contribution in [2.75, 3.05) is 6.61 Å². The third-order valence-electron chi connectivity index (χ3n) is 3.64. The number of ether oxygens (including phenoxy) is 1. The Morgan fingerprint density at radius 1 is 1.19 bits per heavy atom. The van der Waals surface area contributed by atoms with Crippen LogP contribution in [0.25, 0.3) is 0 Å². The number of phosphoric ester groups is 1. The number of carbonyl (C=O) groups is 1. The van der Waals surface area contributed by atoms with Crippen molar-refractivity contribution in [1.29, 1.82) is 0 Å². The number of nitrogens with zero attached hydrogens (tertiary/aromatic N) is 2. The van der Waals surface area contributed by atoms with Gasteiger partial charge in [-0.15, -0.1) is 5.92 Å². The van der Waals surface area contributed by atoms with Gasteiger partial charge in [0.15, 0.2) is 11.9 Å². The van der Waals surface area contributed by atoms with Crippen molar-refractivity contribution >= 4 is 29.4 Å². The monoisotopic (exact) mass is 521 g/mol. The SMILES string of the molecule is CC#Cc1cn([C@@H]2O[C@H](COP(=O)(O)OP(=O)(O)OP(=O)(O)O)[C@@H](O)[C@H]2O)nc1C(N)=O. The van der Waals surface area contributed by atoms with Crippen LogP contribution in [0.4, 0.5) is 0 Å². The molecule has 6 atom stereocenters. The number of aliphatic hydroxyl groups excluding tert-OH is 2. The molecule has 8 N–H and O–H groups in total. The number of nitrogens with two attached hydrogens (primary N) is 1. The molecule has 1 aromatic heterocycles. The molecule has 2 heterocycles. The second-order valence-corrected chi connectivity index (χ2v) is 10.5. The summed E-state index contributed by atoms with van der Waals surface area (Å²) in [5, 5.41) is 24.1. The molecule has 1 aliphatic rings.